The van der Waals surface area contributed by atoms with Crippen molar-refractivity contribution in [2.24, 2.45) is 10.8 Å². The Kier molecular flexibility index (Phi) is 11.5. The van der Waals surface area contributed by atoms with Crippen molar-refractivity contribution in [2.45, 2.75) is 82.6 Å². The Morgan fingerprint density at radius 2 is 1.11 bits per heavy atom. The molecule has 2 fully saturated rings. The third-order valence-corrected chi connectivity index (χ3v) is 17.3. The van der Waals surface area contributed by atoms with E-state index in [-0.39, 0.29) is 68.6 Å². The van der Waals surface area contributed by atoms with Crippen molar-refractivity contribution < 1.29 is 26.0 Å². The topological polar surface area (TPSA) is 192 Å². The predicted molar refractivity (Wildman–Crippen MR) is 267 cm³/mol. The van der Waals surface area contributed by atoms with E-state index < -0.39 is 43.9 Å². The zero-order valence-electron chi connectivity index (χ0n) is 40.9. The second-order valence-corrected chi connectivity index (χ2v) is 23.0. The third kappa shape index (κ3) is 7.51. The molecule has 4 atom stereocenters. The molecule has 376 valence electrons. The van der Waals surface area contributed by atoms with Crippen LogP contribution in [0.2, 0.25) is 0 Å². The molecule has 0 unspecified atom stereocenters. The third-order valence-electron chi connectivity index (χ3n) is 16.4. The van der Waals surface area contributed by atoms with Crippen molar-refractivity contribution in [3.63, 3.8) is 0 Å². The molecule has 2 saturated carbocycles. The van der Waals surface area contributed by atoms with Gasteiger partial charge in [-0.2, -0.15) is 10.2 Å². The summed E-state index contributed by atoms with van der Waals surface area (Å²) in [4.78, 5) is 45.7. The minimum Gasteiger partial charge on any atom is -0.329 e. The average Bonchev–Trinajstić information content (AvgIpc) is 4.02. The summed E-state index contributed by atoms with van der Waals surface area (Å²) in [6.07, 6.45) is 10.9. The summed E-state index contributed by atoms with van der Waals surface area (Å²) in [7, 11) is -3.21. The van der Waals surface area contributed by atoms with E-state index in [9.17, 15) is 35.6 Å². The molecule has 0 amide bonds. The Morgan fingerprint density at radius 1 is 0.635 bits per heavy atom. The van der Waals surface area contributed by atoms with Crippen LogP contribution in [0.15, 0.2) is 119 Å². The first kappa shape index (κ1) is 48.6. The number of halogens is 4. The average molecular weight is 1020 g/mol. The van der Waals surface area contributed by atoms with Gasteiger partial charge in [0.15, 0.2) is 11.6 Å². The molecule has 0 spiro atoms. The molecular formula is C55H48F4N10O4S. The lowest BCUT2D eigenvalue weighted by atomic mass is 9.66. The number of rotatable bonds is 9. The number of nitrogens with one attached hydrogen (secondary N) is 1. The predicted octanol–water partition coefficient (Wildman–Crippen LogP) is 9.06. The summed E-state index contributed by atoms with van der Waals surface area (Å²) >= 11 is 0. The number of H-pyrrole nitrogens is 1. The number of hydrogen-bond acceptors (Lipinski definition) is 12. The largest absolute Gasteiger partial charge is 0.329 e. The summed E-state index contributed by atoms with van der Waals surface area (Å²) in [5, 5.41) is 17.7. The Hall–Kier alpha value is -7.67. The standard InChI is InChI=1S/C29H27F2N5O3S.C26H21F2N5O/c1-28(2)19-7-10-29(28,26-18(19)16-22(34-35-26)25-20(30)5-4-6-21(25)31)23-8-11-32-27(33-23)17-9-12-36(24(37)15-17)13-14-40(3,38)39;1-25(2)16-6-9-26(25,20-8-11-30-24(31-20)14-7-10-29-21(34)12-14)23-15(16)13-19(32-33-23)22-17(27)4-3-5-18(22)28/h4-6,8-9,11-12,15-16,19H,7,10,13-14H2,1-3H3;3-5,7-8,10-13,16H,6,9H2,1-2H3,(H,29,34)/t19-,29-;16-,26-/m00/s1. The fourth-order valence-corrected chi connectivity index (χ4v) is 13.2. The van der Waals surface area contributed by atoms with Crippen molar-refractivity contribution in [3.05, 3.63) is 188 Å². The highest BCUT2D eigenvalue weighted by atomic mass is 32.2. The number of nitrogens with zero attached hydrogens (tertiary/aromatic N) is 9. The molecule has 8 aromatic rings. The molecule has 14 nitrogen and oxygen atoms in total. The number of aromatic nitrogens is 10. The normalized spacial score (nSPS) is 21.5. The van der Waals surface area contributed by atoms with E-state index in [0.717, 1.165) is 65.8 Å². The Balaban J connectivity index is 0.000000161. The van der Waals surface area contributed by atoms with Gasteiger partial charge in [-0.1, -0.05) is 39.8 Å². The fraction of sp³-hybridized carbons (Fsp3) is 0.309. The van der Waals surface area contributed by atoms with Gasteiger partial charge in [0.1, 0.15) is 33.1 Å². The van der Waals surface area contributed by atoms with Crippen LogP contribution in [0.5, 0.6) is 0 Å². The van der Waals surface area contributed by atoms with Crippen LogP contribution in [-0.4, -0.2) is 70.3 Å². The summed E-state index contributed by atoms with van der Waals surface area (Å²) in [6, 6.07) is 21.1. The van der Waals surface area contributed by atoms with Crippen molar-refractivity contribution in [3.8, 4) is 45.3 Å². The van der Waals surface area contributed by atoms with Crippen LogP contribution >= 0.6 is 0 Å². The van der Waals surface area contributed by atoms with Crippen LogP contribution in [0.3, 0.4) is 0 Å². The first-order valence-electron chi connectivity index (χ1n) is 24.1. The second-order valence-electron chi connectivity index (χ2n) is 20.7. The first-order valence-corrected chi connectivity index (χ1v) is 26.2. The lowest BCUT2D eigenvalue weighted by Gasteiger charge is -2.37. The molecule has 74 heavy (non-hydrogen) atoms. The quantitative estimate of drug-likeness (QED) is 0.135. The van der Waals surface area contributed by atoms with E-state index >= 15 is 0 Å². The zero-order valence-corrected chi connectivity index (χ0v) is 41.7. The van der Waals surface area contributed by atoms with Gasteiger partial charge in [-0.05, 0) is 120 Å². The maximum atomic E-state index is 14.5. The van der Waals surface area contributed by atoms with Gasteiger partial charge in [0.05, 0.1) is 61.9 Å². The van der Waals surface area contributed by atoms with Gasteiger partial charge in [-0.15, -0.1) is 10.2 Å². The molecule has 0 radical (unpaired) electrons. The SMILES string of the molecule is CC1(C)[C@H]2CC[C@]1(c1ccnc(-c3cc[nH]c(=O)c3)n1)c1nnc(-c3c(F)cccc3F)cc12.CC1(C)[C@H]2CC[C@]1(c1ccnc(-c3ccn(CCS(C)(=O)=O)c(=O)c3)n1)c1nnc(-c3c(F)cccc3F)cc12. The smallest absolute Gasteiger partial charge is 0.251 e. The van der Waals surface area contributed by atoms with Crippen molar-refractivity contribution in [1.82, 2.24) is 49.9 Å². The number of aryl methyl sites for hydroxylation is 1. The van der Waals surface area contributed by atoms with Gasteiger partial charge in [-0.3, -0.25) is 9.59 Å². The Labute approximate surface area is 422 Å². The van der Waals surface area contributed by atoms with Gasteiger partial charge in [-0.25, -0.2) is 45.9 Å². The Bertz CT molecular complexity index is 3810. The summed E-state index contributed by atoms with van der Waals surface area (Å²) in [5.41, 5.74) is 3.83. The van der Waals surface area contributed by atoms with E-state index in [0.29, 0.717) is 22.8 Å². The number of sulfone groups is 1. The van der Waals surface area contributed by atoms with Crippen molar-refractivity contribution in [1.29, 1.82) is 0 Å². The van der Waals surface area contributed by atoms with Gasteiger partial charge >= 0.3 is 0 Å². The lowest BCUT2D eigenvalue weighted by Crippen LogP contribution is -2.38. The monoisotopic (exact) mass is 1020 g/mol. The fourth-order valence-electron chi connectivity index (χ4n) is 12.7. The van der Waals surface area contributed by atoms with Crippen LogP contribution < -0.4 is 11.1 Å². The number of benzene rings is 2. The van der Waals surface area contributed by atoms with Crippen molar-refractivity contribution >= 4 is 9.84 Å². The molecule has 6 heterocycles. The number of pyridine rings is 2. The molecule has 4 bridgehead atoms. The van der Waals surface area contributed by atoms with Crippen LogP contribution in [0.1, 0.15) is 99.1 Å². The van der Waals surface area contributed by atoms with Gasteiger partial charge < -0.3 is 9.55 Å². The van der Waals surface area contributed by atoms with E-state index in [1.807, 2.05) is 12.1 Å². The lowest BCUT2D eigenvalue weighted by molar-refractivity contribution is 0.242. The van der Waals surface area contributed by atoms with Crippen LogP contribution in [-0.2, 0) is 27.2 Å². The highest BCUT2D eigenvalue weighted by Crippen LogP contribution is 2.71. The maximum absolute atomic E-state index is 14.5. The van der Waals surface area contributed by atoms with Crippen LogP contribution in [0.25, 0.3) is 45.3 Å². The maximum Gasteiger partial charge on any atom is 0.251 e. The molecule has 6 aromatic heterocycles. The van der Waals surface area contributed by atoms with E-state index in [2.05, 4.69) is 63.0 Å². The van der Waals surface area contributed by atoms with E-state index in [1.54, 1.807) is 49.1 Å². The Morgan fingerprint density at radius 3 is 1.55 bits per heavy atom. The molecule has 12 rings (SSSR count). The van der Waals surface area contributed by atoms with E-state index in [4.69, 9.17) is 9.97 Å². The summed E-state index contributed by atoms with van der Waals surface area (Å²) < 4.78 is 82.4. The zero-order chi connectivity index (χ0) is 52.1. The molecular weight excluding hydrogens is 973 g/mol. The molecule has 4 aliphatic rings. The highest BCUT2D eigenvalue weighted by Gasteiger charge is 2.66. The molecule has 2 aromatic carbocycles. The highest BCUT2D eigenvalue weighted by molar-refractivity contribution is 7.90. The summed E-state index contributed by atoms with van der Waals surface area (Å²) in [5.74, 6) is -1.78. The van der Waals surface area contributed by atoms with Crippen molar-refractivity contribution in [2.75, 3.05) is 12.0 Å². The van der Waals surface area contributed by atoms with Crippen LogP contribution in [0.4, 0.5) is 17.6 Å². The molecule has 0 aliphatic heterocycles. The minimum absolute atomic E-state index is 0.0613. The number of hydrogen-bond donors (Lipinski definition) is 1. The first-order chi connectivity index (χ1) is 35.2. The van der Waals surface area contributed by atoms with E-state index in [1.165, 1.54) is 53.1 Å². The minimum atomic E-state index is -3.21. The second kappa shape index (κ2) is 17.5. The molecule has 1 N–H and O–H groups in total. The summed E-state index contributed by atoms with van der Waals surface area (Å²) in [6.45, 7) is 8.74. The van der Waals surface area contributed by atoms with Gasteiger partial charge in [0.25, 0.3) is 5.56 Å². The molecule has 4 aliphatic carbocycles. The van der Waals surface area contributed by atoms with Gasteiger partial charge in [0.2, 0.25) is 5.56 Å². The molecule has 19 heteroatoms. The number of fused-ring (bicyclic) bond motifs is 10. The number of aromatic amines is 1. The van der Waals surface area contributed by atoms with Gasteiger partial charge in [0, 0.05) is 60.8 Å². The van der Waals surface area contributed by atoms with Crippen LogP contribution in [0, 0.1) is 34.1 Å². The molecule has 0 saturated heterocycles.